The molecule has 0 unspecified atom stereocenters. The second kappa shape index (κ2) is 8.28. The van der Waals surface area contributed by atoms with Crippen molar-refractivity contribution in [2.75, 3.05) is 0 Å². The maximum Gasteiger partial charge on any atom is 0.342 e. The lowest BCUT2D eigenvalue weighted by Gasteiger charge is -2.00. The fourth-order valence-electron chi connectivity index (χ4n) is 2.22. The average Bonchev–Trinajstić information content (AvgIpc) is 3.30. The molecule has 11 heteroatoms. The molecule has 0 atom stereocenters. The SMILES string of the molecule is CCc1nnc(S/C(=C\c2ccc(-c3ccc(Cl)cc3[N+](=O)[O-])o2)C(=O)O)o1. The van der Waals surface area contributed by atoms with Gasteiger partial charge < -0.3 is 13.9 Å². The summed E-state index contributed by atoms with van der Waals surface area (Å²) >= 11 is 6.59. The minimum atomic E-state index is -1.21. The fourth-order valence-corrected chi connectivity index (χ4v) is 3.06. The van der Waals surface area contributed by atoms with Crippen LogP contribution in [0.15, 0.2) is 49.3 Å². The summed E-state index contributed by atoms with van der Waals surface area (Å²) in [6, 6.07) is 7.19. The van der Waals surface area contributed by atoms with E-state index in [9.17, 15) is 20.0 Å². The Kier molecular flexibility index (Phi) is 5.81. The predicted molar refractivity (Wildman–Crippen MR) is 101 cm³/mol. The van der Waals surface area contributed by atoms with Crippen LogP contribution in [0.4, 0.5) is 5.69 Å². The number of furan rings is 1. The Balaban J connectivity index is 1.91. The summed E-state index contributed by atoms with van der Waals surface area (Å²) in [5.74, 6) is -0.422. The Morgan fingerprint density at radius 1 is 1.32 bits per heavy atom. The molecular weight excluding hydrogens is 410 g/mol. The van der Waals surface area contributed by atoms with Crippen LogP contribution in [-0.2, 0) is 11.2 Å². The van der Waals surface area contributed by atoms with Gasteiger partial charge in [-0.2, -0.15) is 0 Å². The Bertz CT molecular complexity index is 1070. The maximum absolute atomic E-state index is 11.5. The highest BCUT2D eigenvalue weighted by Crippen LogP contribution is 2.34. The van der Waals surface area contributed by atoms with E-state index in [1.54, 1.807) is 0 Å². The van der Waals surface area contributed by atoms with E-state index in [2.05, 4.69) is 10.2 Å². The van der Waals surface area contributed by atoms with Gasteiger partial charge in [0, 0.05) is 23.6 Å². The van der Waals surface area contributed by atoms with Crippen molar-refractivity contribution in [3.8, 4) is 11.3 Å². The van der Waals surface area contributed by atoms with Gasteiger partial charge in [0.2, 0.25) is 5.89 Å². The quantitative estimate of drug-likeness (QED) is 0.250. The lowest BCUT2D eigenvalue weighted by Crippen LogP contribution is -1.96. The summed E-state index contributed by atoms with van der Waals surface area (Å²) in [4.78, 5) is 22.1. The van der Waals surface area contributed by atoms with Gasteiger partial charge in [0.05, 0.1) is 10.5 Å². The smallest absolute Gasteiger partial charge is 0.342 e. The number of rotatable bonds is 7. The first kappa shape index (κ1) is 19.6. The molecule has 3 aromatic rings. The molecule has 0 bridgehead atoms. The summed E-state index contributed by atoms with van der Waals surface area (Å²) in [5, 5.41) is 28.5. The van der Waals surface area contributed by atoms with Gasteiger partial charge in [0.25, 0.3) is 10.9 Å². The molecule has 0 fully saturated rings. The lowest BCUT2D eigenvalue weighted by atomic mass is 10.1. The molecule has 1 aromatic carbocycles. The molecule has 0 saturated heterocycles. The van der Waals surface area contributed by atoms with Crippen molar-refractivity contribution in [2.45, 2.75) is 18.6 Å². The van der Waals surface area contributed by atoms with Crippen LogP contribution in [0.1, 0.15) is 18.6 Å². The molecule has 0 radical (unpaired) electrons. The van der Waals surface area contributed by atoms with Gasteiger partial charge in [-0.3, -0.25) is 10.1 Å². The van der Waals surface area contributed by atoms with E-state index >= 15 is 0 Å². The number of aromatic nitrogens is 2. The van der Waals surface area contributed by atoms with Crippen LogP contribution in [0.2, 0.25) is 5.02 Å². The van der Waals surface area contributed by atoms with E-state index in [0.29, 0.717) is 12.3 Å². The number of benzene rings is 1. The molecule has 0 saturated carbocycles. The minimum Gasteiger partial charge on any atom is -0.477 e. The Labute approximate surface area is 167 Å². The van der Waals surface area contributed by atoms with Crippen molar-refractivity contribution >= 4 is 41.1 Å². The number of carbonyl (C=O) groups is 1. The molecule has 28 heavy (non-hydrogen) atoms. The van der Waals surface area contributed by atoms with Gasteiger partial charge in [-0.1, -0.05) is 18.5 Å². The molecule has 9 nitrogen and oxygen atoms in total. The first-order valence-electron chi connectivity index (χ1n) is 7.86. The highest BCUT2D eigenvalue weighted by Gasteiger charge is 2.20. The van der Waals surface area contributed by atoms with Crippen molar-refractivity contribution in [1.29, 1.82) is 0 Å². The van der Waals surface area contributed by atoms with Crippen LogP contribution < -0.4 is 0 Å². The number of aryl methyl sites for hydroxylation is 1. The highest BCUT2D eigenvalue weighted by atomic mass is 35.5. The molecule has 3 rings (SSSR count). The van der Waals surface area contributed by atoms with Crippen LogP contribution in [-0.4, -0.2) is 26.2 Å². The van der Waals surface area contributed by atoms with Crippen molar-refractivity contribution in [2.24, 2.45) is 0 Å². The number of thioether (sulfide) groups is 1. The zero-order chi connectivity index (χ0) is 20.3. The maximum atomic E-state index is 11.5. The van der Waals surface area contributed by atoms with Gasteiger partial charge in [0.15, 0.2) is 0 Å². The summed E-state index contributed by atoms with van der Waals surface area (Å²) in [7, 11) is 0. The van der Waals surface area contributed by atoms with Gasteiger partial charge >= 0.3 is 5.97 Å². The zero-order valence-corrected chi connectivity index (χ0v) is 15.9. The predicted octanol–water partition coefficient (Wildman–Crippen LogP) is 4.67. The number of nitro benzene ring substituents is 1. The number of aliphatic carboxylic acids is 1. The number of carboxylic acids is 1. The van der Waals surface area contributed by atoms with E-state index < -0.39 is 10.9 Å². The number of hydrogen-bond acceptors (Lipinski definition) is 8. The number of nitro groups is 1. The first-order valence-corrected chi connectivity index (χ1v) is 9.06. The standard InChI is InChI=1S/C17H12ClN3O6S/c1-2-15-19-20-17(27-15)28-14(16(22)23)8-10-4-6-13(26-10)11-5-3-9(18)7-12(11)21(24)25/h3-8H,2H2,1H3,(H,22,23)/b14-8-. The molecule has 1 N–H and O–H groups in total. The second-order valence-corrected chi connectivity index (χ2v) is 6.78. The van der Waals surface area contributed by atoms with Crippen molar-refractivity contribution in [3.05, 3.63) is 62.0 Å². The summed E-state index contributed by atoms with van der Waals surface area (Å²) in [6.45, 7) is 1.83. The Hall–Kier alpha value is -3.11. The molecule has 0 spiro atoms. The Morgan fingerprint density at radius 2 is 2.11 bits per heavy atom. The number of carboxylic acid groups (broad SMARTS) is 1. The average molecular weight is 422 g/mol. The van der Waals surface area contributed by atoms with Gasteiger partial charge in [-0.05, 0) is 36.0 Å². The second-order valence-electron chi connectivity index (χ2n) is 5.35. The van der Waals surface area contributed by atoms with Gasteiger partial charge in [0.1, 0.15) is 16.4 Å². The summed E-state index contributed by atoms with van der Waals surface area (Å²) < 4.78 is 10.9. The number of nitrogens with zero attached hydrogens (tertiary/aromatic N) is 3. The monoisotopic (exact) mass is 421 g/mol. The van der Waals surface area contributed by atoms with E-state index in [0.717, 1.165) is 11.8 Å². The molecule has 0 aliphatic rings. The van der Waals surface area contributed by atoms with Crippen LogP contribution in [0.5, 0.6) is 0 Å². The van der Waals surface area contributed by atoms with Crippen LogP contribution in [0, 0.1) is 10.1 Å². The molecular formula is C17H12ClN3O6S. The van der Waals surface area contributed by atoms with Gasteiger partial charge in [-0.15, -0.1) is 10.2 Å². The van der Waals surface area contributed by atoms with Crippen LogP contribution >= 0.6 is 23.4 Å². The lowest BCUT2D eigenvalue weighted by molar-refractivity contribution is -0.384. The topological polar surface area (TPSA) is 132 Å². The largest absolute Gasteiger partial charge is 0.477 e. The Morgan fingerprint density at radius 3 is 2.75 bits per heavy atom. The molecule has 0 aliphatic carbocycles. The van der Waals surface area contributed by atoms with E-state index in [4.69, 9.17) is 20.4 Å². The van der Waals surface area contributed by atoms with Crippen LogP contribution in [0.25, 0.3) is 17.4 Å². The molecule has 2 aromatic heterocycles. The third-order valence-corrected chi connectivity index (χ3v) is 4.57. The van der Waals surface area contributed by atoms with Gasteiger partial charge in [-0.25, -0.2) is 4.79 Å². The first-order chi connectivity index (χ1) is 13.4. The van der Waals surface area contributed by atoms with Crippen molar-refractivity contribution in [1.82, 2.24) is 10.2 Å². The third kappa shape index (κ3) is 4.41. The summed E-state index contributed by atoms with van der Waals surface area (Å²) in [5.41, 5.74) is 0.00577. The van der Waals surface area contributed by atoms with E-state index in [1.165, 1.54) is 36.4 Å². The number of halogens is 1. The molecule has 144 valence electrons. The summed E-state index contributed by atoms with van der Waals surface area (Å²) in [6.07, 6.45) is 1.80. The van der Waals surface area contributed by atoms with E-state index in [-0.39, 0.29) is 37.9 Å². The highest BCUT2D eigenvalue weighted by molar-refractivity contribution is 8.03. The molecule has 0 amide bonds. The minimum absolute atomic E-state index is 0.0885. The van der Waals surface area contributed by atoms with Crippen molar-refractivity contribution in [3.63, 3.8) is 0 Å². The zero-order valence-electron chi connectivity index (χ0n) is 14.3. The molecule has 2 heterocycles. The molecule has 0 aliphatic heterocycles. The third-order valence-electron chi connectivity index (χ3n) is 3.48. The number of hydrogen-bond donors (Lipinski definition) is 1. The van der Waals surface area contributed by atoms with Crippen molar-refractivity contribution < 1.29 is 23.7 Å². The normalized spacial score (nSPS) is 11.6. The van der Waals surface area contributed by atoms with E-state index in [1.807, 2.05) is 6.92 Å². The van der Waals surface area contributed by atoms with Crippen LogP contribution in [0.3, 0.4) is 0 Å². The fraction of sp³-hybridized carbons (Fsp3) is 0.118.